The van der Waals surface area contributed by atoms with Gasteiger partial charge >= 0.3 is 5.97 Å². The number of carboxylic acids is 1. The molecule has 1 aliphatic heterocycles. The molecule has 2 rings (SSSR count). The van der Waals surface area contributed by atoms with Crippen molar-refractivity contribution in [3.8, 4) is 0 Å². The molecule has 0 radical (unpaired) electrons. The van der Waals surface area contributed by atoms with Gasteiger partial charge in [-0.2, -0.15) is 0 Å². The summed E-state index contributed by atoms with van der Waals surface area (Å²) in [4.78, 5) is 22.9. The maximum absolute atomic E-state index is 11.9. The maximum atomic E-state index is 11.9. The molecule has 5 nitrogen and oxygen atoms in total. The van der Waals surface area contributed by atoms with E-state index in [1.807, 2.05) is 6.92 Å². The van der Waals surface area contributed by atoms with Crippen LogP contribution in [0.15, 0.2) is 24.3 Å². The summed E-state index contributed by atoms with van der Waals surface area (Å²) in [6.45, 7) is 3.74. The molecule has 0 aliphatic carbocycles. The Morgan fingerprint density at radius 1 is 1.33 bits per heavy atom. The molecule has 18 heavy (non-hydrogen) atoms. The zero-order valence-corrected chi connectivity index (χ0v) is 10.1. The second kappa shape index (κ2) is 4.78. The van der Waals surface area contributed by atoms with Gasteiger partial charge in [-0.05, 0) is 12.1 Å². The van der Waals surface area contributed by atoms with Gasteiger partial charge in [-0.1, -0.05) is 19.1 Å². The number of carbonyl (C=O) groups is 2. The molecule has 1 amide bonds. The first-order valence-electron chi connectivity index (χ1n) is 5.70. The molecule has 0 atom stereocenters. The van der Waals surface area contributed by atoms with E-state index in [1.165, 1.54) is 12.1 Å². The van der Waals surface area contributed by atoms with Crippen LogP contribution in [-0.2, 0) is 4.74 Å². The van der Waals surface area contributed by atoms with Crippen molar-refractivity contribution in [1.82, 2.24) is 5.32 Å². The summed E-state index contributed by atoms with van der Waals surface area (Å²) in [5, 5.41) is 11.8. The average Bonchev–Trinajstić information content (AvgIpc) is 2.33. The molecule has 2 N–H and O–H groups in total. The minimum atomic E-state index is -1.10. The molecule has 0 unspecified atom stereocenters. The lowest BCUT2D eigenvalue weighted by Crippen LogP contribution is -2.48. The molecule has 1 aromatic carbocycles. The zero-order valence-electron chi connectivity index (χ0n) is 10.1. The number of carbonyl (C=O) groups excluding carboxylic acids is 1. The van der Waals surface area contributed by atoms with Crippen LogP contribution in [0.4, 0.5) is 0 Å². The van der Waals surface area contributed by atoms with Crippen LogP contribution in [0.3, 0.4) is 0 Å². The molecular weight excluding hydrogens is 234 g/mol. The molecule has 0 bridgehead atoms. The van der Waals surface area contributed by atoms with Gasteiger partial charge in [0.1, 0.15) is 0 Å². The largest absolute Gasteiger partial charge is 0.478 e. The van der Waals surface area contributed by atoms with Gasteiger partial charge < -0.3 is 15.2 Å². The van der Waals surface area contributed by atoms with Crippen molar-refractivity contribution in [3.63, 3.8) is 0 Å². The van der Waals surface area contributed by atoms with Gasteiger partial charge in [0.2, 0.25) is 0 Å². The van der Waals surface area contributed by atoms with Crippen molar-refractivity contribution in [2.45, 2.75) is 6.92 Å². The summed E-state index contributed by atoms with van der Waals surface area (Å²) in [6.07, 6.45) is 0. The van der Waals surface area contributed by atoms with Gasteiger partial charge in [0.05, 0.1) is 24.3 Å². The second-order valence-electron chi connectivity index (χ2n) is 4.84. The van der Waals surface area contributed by atoms with E-state index in [4.69, 9.17) is 9.84 Å². The van der Waals surface area contributed by atoms with Crippen LogP contribution in [0.2, 0.25) is 0 Å². The van der Waals surface area contributed by atoms with Crippen molar-refractivity contribution in [2.24, 2.45) is 5.41 Å². The van der Waals surface area contributed by atoms with Gasteiger partial charge in [0, 0.05) is 12.0 Å². The minimum absolute atomic E-state index is 0.0185. The van der Waals surface area contributed by atoms with E-state index < -0.39 is 5.97 Å². The number of benzene rings is 1. The third-order valence-corrected chi connectivity index (χ3v) is 2.98. The highest BCUT2D eigenvalue weighted by Gasteiger charge is 2.33. The first-order chi connectivity index (χ1) is 8.52. The minimum Gasteiger partial charge on any atom is -0.478 e. The fourth-order valence-electron chi connectivity index (χ4n) is 1.81. The molecule has 5 heteroatoms. The quantitative estimate of drug-likeness (QED) is 0.839. The molecule has 96 valence electrons. The Kier molecular flexibility index (Phi) is 3.34. The van der Waals surface area contributed by atoms with Gasteiger partial charge in [0.25, 0.3) is 5.91 Å². The van der Waals surface area contributed by atoms with Crippen molar-refractivity contribution in [2.75, 3.05) is 19.8 Å². The van der Waals surface area contributed by atoms with Crippen LogP contribution in [0.5, 0.6) is 0 Å². The Morgan fingerprint density at radius 2 is 1.94 bits per heavy atom. The van der Waals surface area contributed by atoms with E-state index in [0.717, 1.165) is 0 Å². The van der Waals surface area contributed by atoms with E-state index in [1.54, 1.807) is 12.1 Å². The highest BCUT2D eigenvalue weighted by atomic mass is 16.5. The Bertz CT molecular complexity index is 480. The number of amides is 1. The van der Waals surface area contributed by atoms with E-state index in [0.29, 0.717) is 19.8 Å². The zero-order chi connectivity index (χ0) is 13.2. The van der Waals surface area contributed by atoms with Crippen LogP contribution < -0.4 is 5.32 Å². The Balaban J connectivity index is 2.06. The highest BCUT2D eigenvalue weighted by Crippen LogP contribution is 2.25. The van der Waals surface area contributed by atoms with Gasteiger partial charge in [-0.25, -0.2) is 4.79 Å². The first kappa shape index (κ1) is 12.6. The van der Waals surface area contributed by atoms with Gasteiger partial charge in [-0.15, -0.1) is 0 Å². The number of carboxylic acid groups (broad SMARTS) is 1. The number of nitrogens with one attached hydrogen (secondary N) is 1. The monoisotopic (exact) mass is 249 g/mol. The third-order valence-electron chi connectivity index (χ3n) is 2.98. The van der Waals surface area contributed by atoms with Crippen LogP contribution in [-0.4, -0.2) is 36.7 Å². The predicted molar refractivity (Wildman–Crippen MR) is 64.7 cm³/mol. The van der Waals surface area contributed by atoms with Crippen molar-refractivity contribution < 1.29 is 19.4 Å². The molecule has 1 heterocycles. The smallest absolute Gasteiger partial charge is 0.336 e. The Labute approximate surface area is 105 Å². The van der Waals surface area contributed by atoms with Crippen LogP contribution in [0, 0.1) is 5.41 Å². The van der Waals surface area contributed by atoms with Crippen LogP contribution in [0.1, 0.15) is 27.6 Å². The summed E-state index contributed by atoms with van der Waals surface area (Å²) >= 11 is 0. The van der Waals surface area contributed by atoms with Crippen LogP contribution in [0.25, 0.3) is 0 Å². The fourth-order valence-corrected chi connectivity index (χ4v) is 1.81. The van der Waals surface area contributed by atoms with Gasteiger partial charge in [0.15, 0.2) is 0 Å². The fraction of sp³-hybridized carbons (Fsp3) is 0.385. The number of hydrogen-bond acceptors (Lipinski definition) is 3. The van der Waals surface area contributed by atoms with Gasteiger partial charge in [-0.3, -0.25) is 4.79 Å². The summed E-state index contributed by atoms with van der Waals surface area (Å²) in [6, 6.07) is 6.18. The molecule has 1 aliphatic rings. The van der Waals surface area contributed by atoms with E-state index in [2.05, 4.69) is 5.32 Å². The number of aromatic carboxylic acids is 1. The van der Waals surface area contributed by atoms with E-state index in [-0.39, 0.29) is 22.4 Å². The number of hydrogen-bond donors (Lipinski definition) is 2. The normalized spacial score (nSPS) is 16.7. The molecule has 1 aromatic rings. The molecule has 0 saturated carbocycles. The Morgan fingerprint density at radius 3 is 2.44 bits per heavy atom. The first-order valence-corrected chi connectivity index (χ1v) is 5.70. The molecule has 1 fully saturated rings. The standard InChI is InChI=1S/C13H15NO4/c1-13(7-18-8-13)6-14-11(15)9-4-2-3-5-10(9)12(16)17/h2-5H,6-8H2,1H3,(H,14,15)(H,16,17). The Hall–Kier alpha value is -1.88. The van der Waals surface area contributed by atoms with Crippen molar-refractivity contribution in [1.29, 1.82) is 0 Å². The summed E-state index contributed by atoms with van der Waals surface area (Å²) in [7, 11) is 0. The third kappa shape index (κ3) is 2.51. The van der Waals surface area contributed by atoms with E-state index in [9.17, 15) is 9.59 Å². The van der Waals surface area contributed by atoms with Crippen molar-refractivity contribution >= 4 is 11.9 Å². The molecule has 0 spiro atoms. The van der Waals surface area contributed by atoms with Crippen LogP contribution >= 0.6 is 0 Å². The summed E-state index contributed by atoms with van der Waals surface area (Å²) < 4.78 is 5.09. The van der Waals surface area contributed by atoms with Crippen molar-refractivity contribution in [3.05, 3.63) is 35.4 Å². The molecule has 1 saturated heterocycles. The molecular formula is C13H15NO4. The SMILES string of the molecule is CC1(CNC(=O)c2ccccc2C(=O)O)COC1. The highest BCUT2D eigenvalue weighted by molar-refractivity contribution is 6.04. The topological polar surface area (TPSA) is 75.6 Å². The average molecular weight is 249 g/mol. The number of rotatable bonds is 4. The lowest BCUT2D eigenvalue weighted by Gasteiger charge is -2.38. The number of ether oxygens (including phenoxy) is 1. The summed E-state index contributed by atoms with van der Waals surface area (Å²) in [5.74, 6) is -1.46. The lowest BCUT2D eigenvalue weighted by atomic mass is 9.88. The summed E-state index contributed by atoms with van der Waals surface area (Å²) in [5.41, 5.74) is 0.173. The lowest BCUT2D eigenvalue weighted by molar-refractivity contribution is -0.0978. The second-order valence-corrected chi connectivity index (χ2v) is 4.84. The van der Waals surface area contributed by atoms with E-state index >= 15 is 0 Å². The predicted octanol–water partition coefficient (Wildman–Crippen LogP) is 1.15. The molecule has 0 aromatic heterocycles. The maximum Gasteiger partial charge on any atom is 0.336 e.